The van der Waals surface area contributed by atoms with Crippen LogP contribution in [-0.4, -0.2) is 6.03 Å². The monoisotopic (exact) mass is 364 g/mol. The number of benzene rings is 2. The van der Waals surface area contributed by atoms with Gasteiger partial charge in [0, 0.05) is 5.69 Å². The number of urea groups is 1. The normalized spacial score (nSPS) is 30.9. The third kappa shape index (κ3) is 3.11. The molecular weight excluding hydrogens is 339 g/mol. The van der Waals surface area contributed by atoms with Gasteiger partial charge in [0.05, 0.1) is 5.69 Å². The molecule has 4 fully saturated rings. The molecule has 2 aromatic carbocycles. The van der Waals surface area contributed by atoms with E-state index in [1.54, 1.807) is 18.2 Å². The molecule has 140 valence electrons. The Labute approximate surface area is 159 Å². The third-order valence-electron chi connectivity index (χ3n) is 6.92. The van der Waals surface area contributed by atoms with Crippen LogP contribution in [0.5, 0.6) is 0 Å². The molecule has 4 aliphatic carbocycles. The SMILES string of the molecule is O=C(Nc1ccc(C23CC4CC(CC(C4)C2)C3)cc1)Nc1ccccc1F. The number of rotatable bonds is 3. The summed E-state index contributed by atoms with van der Waals surface area (Å²) in [5.74, 6) is 2.31. The predicted molar refractivity (Wildman–Crippen MR) is 105 cm³/mol. The Balaban J connectivity index is 1.28. The van der Waals surface area contributed by atoms with Gasteiger partial charge in [0.15, 0.2) is 0 Å². The largest absolute Gasteiger partial charge is 0.323 e. The molecule has 2 aromatic rings. The lowest BCUT2D eigenvalue weighted by atomic mass is 9.48. The highest BCUT2D eigenvalue weighted by molar-refractivity contribution is 5.99. The van der Waals surface area contributed by atoms with Crippen LogP contribution in [0.4, 0.5) is 20.6 Å². The minimum Gasteiger partial charge on any atom is -0.308 e. The Morgan fingerprint density at radius 3 is 2.04 bits per heavy atom. The van der Waals surface area contributed by atoms with E-state index in [9.17, 15) is 9.18 Å². The van der Waals surface area contributed by atoms with E-state index in [1.165, 1.54) is 50.2 Å². The van der Waals surface area contributed by atoms with Crippen LogP contribution in [0.2, 0.25) is 0 Å². The molecule has 4 bridgehead atoms. The smallest absolute Gasteiger partial charge is 0.308 e. The van der Waals surface area contributed by atoms with Crippen molar-refractivity contribution < 1.29 is 9.18 Å². The fraction of sp³-hybridized carbons (Fsp3) is 0.435. The Morgan fingerprint density at radius 1 is 0.852 bits per heavy atom. The number of carbonyl (C=O) groups excluding carboxylic acids is 1. The zero-order chi connectivity index (χ0) is 18.4. The van der Waals surface area contributed by atoms with E-state index in [0.717, 1.165) is 23.4 Å². The van der Waals surface area contributed by atoms with Crippen LogP contribution in [-0.2, 0) is 5.41 Å². The second-order valence-corrected chi connectivity index (χ2v) is 8.83. The maximum Gasteiger partial charge on any atom is 0.323 e. The first-order chi connectivity index (χ1) is 13.1. The summed E-state index contributed by atoms with van der Waals surface area (Å²) in [5, 5.41) is 5.36. The van der Waals surface area contributed by atoms with Gasteiger partial charge in [-0.15, -0.1) is 0 Å². The number of hydrogen-bond donors (Lipinski definition) is 2. The van der Waals surface area contributed by atoms with E-state index in [-0.39, 0.29) is 5.69 Å². The third-order valence-corrected chi connectivity index (χ3v) is 6.92. The summed E-state index contributed by atoms with van der Waals surface area (Å²) >= 11 is 0. The van der Waals surface area contributed by atoms with Crippen molar-refractivity contribution in [3.8, 4) is 0 Å². The number of halogens is 1. The molecule has 0 radical (unpaired) electrons. The van der Waals surface area contributed by atoms with Crippen LogP contribution in [0.25, 0.3) is 0 Å². The molecule has 0 saturated heterocycles. The number of para-hydroxylation sites is 1. The van der Waals surface area contributed by atoms with Gasteiger partial charge in [0.1, 0.15) is 5.82 Å². The van der Waals surface area contributed by atoms with Crippen molar-refractivity contribution in [3.63, 3.8) is 0 Å². The minimum absolute atomic E-state index is 0.181. The van der Waals surface area contributed by atoms with Crippen molar-refractivity contribution in [2.24, 2.45) is 17.8 Å². The van der Waals surface area contributed by atoms with Crippen molar-refractivity contribution in [1.82, 2.24) is 0 Å². The van der Waals surface area contributed by atoms with Gasteiger partial charge in [-0.05, 0) is 91.5 Å². The van der Waals surface area contributed by atoms with Crippen LogP contribution in [0, 0.1) is 23.6 Å². The summed E-state index contributed by atoms with van der Waals surface area (Å²) in [6.45, 7) is 0. The van der Waals surface area contributed by atoms with Crippen LogP contribution < -0.4 is 10.6 Å². The molecule has 2 amide bonds. The lowest BCUT2D eigenvalue weighted by molar-refractivity contribution is -0.00518. The number of nitrogens with one attached hydrogen (secondary N) is 2. The van der Waals surface area contributed by atoms with E-state index in [4.69, 9.17) is 0 Å². The van der Waals surface area contributed by atoms with E-state index in [0.29, 0.717) is 5.41 Å². The number of amides is 2. The lowest BCUT2D eigenvalue weighted by Crippen LogP contribution is -2.48. The maximum absolute atomic E-state index is 13.7. The molecule has 0 atom stereocenters. The fourth-order valence-corrected chi connectivity index (χ4v) is 6.22. The van der Waals surface area contributed by atoms with E-state index < -0.39 is 11.8 Å². The Kier molecular flexibility index (Phi) is 3.96. The molecule has 27 heavy (non-hydrogen) atoms. The molecule has 4 saturated carbocycles. The zero-order valence-electron chi connectivity index (χ0n) is 15.4. The van der Waals surface area contributed by atoms with Crippen molar-refractivity contribution in [2.75, 3.05) is 10.6 Å². The van der Waals surface area contributed by atoms with Gasteiger partial charge in [-0.1, -0.05) is 24.3 Å². The highest BCUT2D eigenvalue weighted by Crippen LogP contribution is 2.60. The van der Waals surface area contributed by atoms with Gasteiger partial charge < -0.3 is 10.6 Å². The second kappa shape index (κ2) is 6.36. The van der Waals surface area contributed by atoms with Crippen molar-refractivity contribution in [2.45, 2.75) is 43.9 Å². The van der Waals surface area contributed by atoms with Crippen molar-refractivity contribution in [3.05, 3.63) is 59.9 Å². The standard InChI is InChI=1S/C23H25FN2O/c24-20-3-1-2-4-21(20)26-22(27)25-19-7-5-18(6-8-19)23-12-15-9-16(13-23)11-17(10-15)14-23/h1-8,15-17H,9-14H2,(H2,25,26,27). The van der Waals surface area contributed by atoms with Gasteiger partial charge in [-0.3, -0.25) is 0 Å². The predicted octanol–water partition coefficient (Wildman–Crippen LogP) is 5.94. The topological polar surface area (TPSA) is 41.1 Å². The first kappa shape index (κ1) is 16.8. The van der Waals surface area contributed by atoms with Gasteiger partial charge in [-0.2, -0.15) is 0 Å². The first-order valence-corrected chi connectivity index (χ1v) is 10.0. The Morgan fingerprint density at radius 2 is 1.44 bits per heavy atom. The van der Waals surface area contributed by atoms with Gasteiger partial charge >= 0.3 is 6.03 Å². The molecule has 6 rings (SSSR count). The average molecular weight is 364 g/mol. The van der Waals surface area contributed by atoms with Gasteiger partial charge in [-0.25, -0.2) is 9.18 Å². The molecule has 2 N–H and O–H groups in total. The minimum atomic E-state index is -0.440. The molecule has 3 nitrogen and oxygen atoms in total. The average Bonchev–Trinajstić information content (AvgIpc) is 2.63. The van der Waals surface area contributed by atoms with Crippen molar-refractivity contribution in [1.29, 1.82) is 0 Å². The molecule has 0 aromatic heterocycles. The van der Waals surface area contributed by atoms with Crippen LogP contribution >= 0.6 is 0 Å². The summed E-state index contributed by atoms with van der Waals surface area (Å²) in [6.07, 6.45) is 8.32. The molecule has 0 spiro atoms. The fourth-order valence-electron chi connectivity index (χ4n) is 6.22. The van der Waals surface area contributed by atoms with E-state index in [2.05, 4.69) is 22.8 Å². The van der Waals surface area contributed by atoms with E-state index in [1.807, 2.05) is 12.1 Å². The number of carbonyl (C=O) groups is 1. The first-order valence-electron chi connectivity index (χ1n) is 10.0. The second-order valence-electron chi connectivity index (χ2n) is 8.83. The van der Waals surface area contributed by atoms with Crippen LogP contribution in [0.1, 0.15) is 44.1 Å². The van der Waals surface area contributed by atoms with Crippen LogP contribution in [0.15, 0.2) is 48.5 Å². The summed E-state index contributed by atoms with van der Waals surface area (Å²) in [5.41, 5.74) is 2.71. The molecule has 4 heteroatoms. The lowest BCUT2D eigenvalue weighted by Gasteiger charge is -2.57. The van der Waals surface area contributed by atoms with Gasteiger partial charge in [0.25, 0.3) is 0 Å². The highest BCUT2D eigenvalue weighted by atomic mass is 19.1. The quantitative estimate of drug-likeness (QED) is 0.695. The number of anilines is 2. The molecular formula is C23H25FN2O. The summed E-state index contributed by atoms with van der Waals surface area (Å²) < 4.78 is 13.7. The molecule has 0 heterocycles. The summed E-state index contributed by atoms with van der Waals surface area (Å²) in [7, 11) is 0. The maximum atomic E-state index is 13.7. The molecule has 0 unspecified atom stereocenters. The van der Waals surface area contributed by atoms with E-state index >= 15 is 0 Å². The van der Waals surface area contributed by atoms with Crippen molar-refractivity contribution >= 4 is 17.4 Å². The van der Waals surface area contributed by atoms with Crippen LogP contribution in [0.3, 0.4) is 0 Å². The Hall–Kier alpha value is -2.36. The Bertz CT molecular complexity index is 826. The molecule has 0 aliphatic heterocycles. The van der Waals surface area contributed by atoms with Gasteiger partial charge in [0.2, 0.25) is 0 Å². The summed E-state index contributed by atoms with van der Waals surface area (Å²) in [4.78, 5) is 12.2. The molecule has 4 aliphatic rings. The summed E-state index contributed by atoms with van der Waals surface area (Å²) in [6, 6.07) is 14.1. The highest BCUT2D eigenvalue weighted by Gasteiger charge is 2.51. The number of hydrogen-bond acceptors (Lipinski definition) is 1. The zero-order valence-corrected chi connectivity index (χ0v) is 15.4.